The van der Waals surface area contributed by atoms with Crippen molar-refractivity contribution in [3.63, 3.8) is 0 Å². The number of amides is 1. The molecular formula is C12H16BrNO4S. The summed E-state index contributed by atoms with van der Waals surface area (Å²) in [7, 11) is 1.55. The Morgan fingerprint density at radius 1 is 1.42 bits per heavy atom. The predicted molar refractivity (Wildman–Crippen MR) is 77.0 cm³/mol. The van der Waals surface area contributed by atoms with Gasteiger partial charge in [-0.1, -0.05) is 6.42 Å². The molecule has 0 atom stereocenters. The third kappa shape index (κ3) is 5.61. The maximum Gasteiger partial charge on any atom is 0.303 e. The molecule has 7 heteroatoms. The number of nitrogens with one attached hydrogen (secondary N) is 1. The van der Waals surface area contributed by atoms with Gasteiger partial charge >= 0.3 is 5.97 Å². The summed E-state index contributed by atoms with van der Waals surface area (Å²) in [4.78, 5) is 22.7. The van der Waals surface area contributed by atoms with Crippen molar-refractivity contribution in [3.8, 4) is 5.75 Å². The number of hydrogen-bond acceptors (Lipinski definition) is 4. The number of rotatable bonds is 8. The fourth-order valence-corrected chi connectivity index (χ4v) is 3.04. The van der Waals surface area contributed by atoms with Gasteiger partial charge in [0.2, 0.25) is 0 Å². The lowest BCUT2D eigenvalue weighted by Gasteiger charge is -2.02. The molecule has 2 N–H and O–H groups in total. The summed E-state index contributed by atoms with van der Waals surface area (Å²) in [5.74, 6) is -0.261. The second kappa shape index (κ2) is 8.16. The molecule has 1 aromatic rings. The minimum Gasteiger partial charge on any atom is -0.495 e. The van der Waals surface area contributed by atoms with E-state index in [1.807, 2.05) is 0 Å². The Bertz CT molecular complexity index is 447. The number of carboxylic acid groups (broad SMARTS) is 1. The molecule has 1 aromatic heterocycles. The standard InChI is InChI=1S/C12H16BrNO4S/c1-18-8-7-9(19-11(8)13)12(17)14-6-4-2-3-5-10(15)16/h7H,2-6H2,1H3,(H,14,17)(H,15,16). The van der Waals surface area contributed by atoms with Gasteiger partial charge in [0.1, 0.15) is 9.54 Å². The van der Waals surface area contributed by atoms with Crippen molar-refractivity contribution < 1.29 is 19.4 Å². The molecule has 0 aromatic carbocycles. The molecule has 0 aliphatic rings. The van der Waals surface area contributed by atoms with Gasteiger partial charge in [0.15, 0.2) is 0 Å². The van der Waals surface area contributed by atoms with Crippen molar-refractivity contribution in [2.45, 2.75) is 25.7 Å². The van der Waals surface area contributed by atoms with E-state index in [9.17, 15) is 9.59 Å². The van der Waals surface area contributed by atoms with E-state index < -0.39 is 5.97 Å². The molecule has 1 heterocycles. The smallest absolute Gasteiger partial charge is 0.303 e. The number of aliphatic carboxylic acids is 1. The zero-order chi connectivity index (χ0) is 14.3. The van der Waals surface area contributed by atoms with Crippen molar-refractivity contribution in [2.24, 2.45) is 0 Å². The largest absolute Gasteiger partial charge is 0.495 e. The van der Waals surface area contributed by atoms with Crippen LogP contribution in [0.25, 0.3) is 0 Å². The third-order valence-corrected chi connectivity index (χ3v) is 4.23. The molecule has 5 nitrogen and oxygen atoms in total. The normalized spacial score (nSPS) is 10.2. The number of halogens is 1. The van der Waals surface area contributed by atoms with Crippen molar-refractivity contribution in [1.82, 2.24) is 5.32 Å². The SMILES string of the molecule is COc1cc(C(=O)NCCCCCC(=O)O)sc1Br. The highest BCUT2D eigenvalue weighted by Crippen LogP contribution is 2.34. The van der Waals surface area contributed by atoms with Crippen LogP contribution in [0.4, 0.5) is 0 Å². The van der Waals surface area contributed by atoms with Crippen LogP contribution in [0.5, 0.6) is 5.75 Å². The van der Waals surface area contributed by atoms with Crippen molar-refractivity contribution in [2.75, 3.05) is 13.7 Å². The number of carbonyl (C=O) groups excluding carboxylic acids is 1. The van der Waals surface area contributed by atoms with Gasteiger partial charge in [-0.2, -0.15) is 0 Å². The van der Waals surface area contributed by atoms with E-state index >= 15 is 0 Å². The number of ether oxygens (including phenoxy) is 1. The first-order valence-electron chi connectivity index (χ1n) is 5.88. The van der Waals surface area contributed by atoms with E-state index in [1.165, 1.54) is 11.3 Å². The number of thiophene rings is 1. The predicted octanol–water partition coefficient (Wildman–Crippen LogP) is 2.89. The van der Waals surface area contributed by atoms with Crippen LogP contribution in [0.3, 0.4) is 0 Å². The summed E-state index contributed by atoms with van der Waals surface area (Å²) >= 11 is 4.64. The summed E-state index contributed by atoms with van der Waals surface area (Å²) in [5, 5.41) is 11.3. The zero-order valence-electron chi connectivity index (χ0n) is 10.6. The third-order valence-electron chi connectivity index (χ3n) is 2.45. The highest BCUT2D eigenvalue weighted by atomic mass is 79.9. The summed E-state index contributed by atoms with van der Waals surface area (Å²) in [6.07, 6.45) is 2.40. The van der Waals surface area contributed by atoms with Gasteiger partial charge in [-0.3, -0.25) is 9.59 Å². The van der Waals surface area contributed by atoms with Gasteiger partial charge in [-0.15, -0.1) is 11.3 Å². The van der Waals surface area contributed by atoms with Crippen molar-refractivity contribution in [3.05, 3.63) is 14.7 Å². The van der Waals surface area contributed by atoms with E-state index in [0.29, 0.717) is 23.6 Å². The molecule has 0 radical (unpaired) electrons. The number of carbonyl (C=O) groups is 2. The lowest BCUT2D eigenvalue weighted by Crippen LogP contribution is -2.23. The second-order valence-electron chi connectivity index (χ2n) is 3.91. The van der Waals surface area contributed by atoms with E-state index in [1.54, 1.807) is 13.2 Å². The van der Waals surface area contributed by atoms with E-state index in [2.05, 4.69) is 21.2 Å². The van der Waals surface area contributed by atoms with Gasteiger partial charge in [0.25, 0.3) is 5.91 Å². The molecule has 19 heavy (non-hydrogen) atoms. The monoisotopic (exact) mass is 349 g/mol. The van der Waals surface area contributed by atoms with Gasteiger partial charge < -0.3 is 15.2 Å². The molecular weight excluding hydrogens is 334 g/mol. The number of carboxylic acids is 1. The lowest BCUT2D eigenvalue weighted by molar-refractivity contribution is -0.137. The van der Waals surface area contributed by atoms with E-state index in [4.69, 9.17) is 9.84 Å². The van der Waals surface area contributed by atoms with Crippen LogP contribution >= 0.6 is 27.3 Å². The summed E-state index contributed by atoms with van der Waals surface area (Å²) in [6.45, 7) is 0.552. The van der Waals surface area contributed by atoms with E-state index in [0.717, 1.165) is 16.6 Å². The summed E-state index contributed by atoms with van der Waals surface area (Å²) < 4.78 is 5.88. The van der Waals surface area contributed by atoms with Crippen LogP contribution < -0.4 is 10.1 Å². The molecule has 1 rings (SSSR count). The van der Waals surface area contributed by atoms with Crippen LogP contribution in [0, 0.1) is 0 Å². The molecule has 1 amide bonds. The van der Waals surface area contributed by atoms with E-state index in [-0.39, 0.29) is 12.3 Å². The van der Waals surface area contributed by atoms with Gasteiger partial charge in [-0.05, 0) is 28.8 Å². The molecule has 0 fully saturated rings. The number of unbranched alkanes of at least 4 members (excludes halogenated alkanes) is 2. The molecule has 0 aliphatic heterocycles. The minimum atomic E-state index is -0.778. The summed E-state index contributed by atoms with van der Waals surface area (Å²) in [6, 6.07) is 1.69. The molecule has 0 saturated heterocycles. The zero-order valence-corrected chi connectivity index (χ0v) is 13.0. The first-order chi connectivity index (χ1) is 9.04. The Labute approximate surface area is 124 Å². The molecule has 106 valence electrons. The van der Waals surface area contributed by atoms with Crippen LogP contribution in [-0.2, 0) is 4.79 Å². The molecule has 0 saturated carbocycles. The van der Waals surface area contributed by atoms with Crippen LogP contribution in [0.2, 0.25) is 0 Å². The van der Waals surface area contributed by atoms with Crippen molar-refractivity contribution in [1.29, 1.82) is 0 Å². The first kappa shape index (κ1) is 16.0. The number of methoxy groups -OCH3 is 1. The quantitative estimate of drug-likeness (QED) is 0.707. The maximum atomic E-state index is 11.8. The fourth-order valence-electron chi connectivity index (χ4n) is 1.47. The van der Waals surface area contributed by atoms with Gasteiger partial charge in [0, 0.05) is 19.0 Å². The van der Waals surface area contributed by atoms with Gasteiger partial charge in [0.05, 0.1) is 12.0 Å². The number of hydrogen-bond donors (Lipinski definition) is 2. The maximum absolute atomic E-state index is 11.8. The molecule has 0 bridgehead atoms. The topological polar surface area (TPSA) is 75.6 Å². The average Bonchev–Trinajstić information content (AvgIpc) is 2.74. The highest BCUT2D eigenvalue weighted by Gasteiger charge is 2.13. The fraction of sp³-hybridized carbons (Fsp3) is 0.500. The summed E-state index contributed by atoms with van der Waals surface area (Å²) in [5.41, 5.74) is 0. The average molecular weight is 350 g/mol. The van der Waals surface area contributed by atoms with Crippen molar-refractivity contribution >= 4 is 39.1 Å². The second-order valence-corrected chi connectivity index (χ2v) is 6.28. The minimum absolute atomic E-state index is 0.132. The molecule has 0 aliphatic carbocycles. The molecule has 0 unspecified atom stereocenters. The first-order valence-corrected chi connectivity index (χ1v) is 7.49. The van der Waals surface area contributed by atoms with Crippen LogP contribution in [0.15, 0.2) is 9.85 Å². The Morgan fingerprint density at radius 3 is 2.74 bits per heavy atom. The Morgan fingerprint density at radius 2 is 2.16 bits per heavy atom. The Kier molecular flexibility index (Phi) is 6.86. The Balaban J connectivity index is 2.25. The Hall–Kier alpha value is -1.08. The van der Waals surface area contributed by atoms with Crippen LogP contribution in [-0.4, -0.2) is 30.6 Å². The van der Waals surface area contributed by atoms with Crippen LogP contribution in [0.1, 0.15) is 35.4 Å². The highest BCUT2D eigenvalue weighted by molar-refractivity contribution is 9.11. The molecule has 0 spiro atoms. The lowest BCUT2D eigenvalue weighted by atomic mass is 10.2. The van der Waals surface area contributed by atoms with Gasteiger partial charge in [-0.25, -0.2) is 0 Å².